The van der Waals surface area contributed by atoms with E-state index >= 15 is 0 Å². The largest absolute Gasteiger partial charge is 0.371 e. The summed E-state index contributed by atoms with van der Waals surface area (Å²) in [5.74, 6) is 2.66. The molecule has 0 aliphatic carbocycles. The molecule has 2 heterocycles. The molecular formula is C19H30N4. The van der Waals surface area contributed by atoms with Gasteiger partial charge >= 0.3 is 0 Å². The summed E-state index contributed by atoms with van der Waals surface area (Å²) in [5.41, 5.74) is 1.35. The summed E-state index contributed by atoms with van der Waals surface area (Å²) in [5, 5.41) is 3.62. The minimum atomic E-state index is 0.704. The van der Waals surface area contributed by atoms with Gasteiger partial charge in [-0.3, -0.25) is 4.99 Å². The van der Waals surface area contributed by atoms with Crippen molar-refractivity contribution < 1.29 is 0 Å². The first-order chi connectivity index (χ1) is 11.3. The molecule has 126 valence electrons. The Balaban J connectivity index is 1.47. The van der Waals surface area contributed by atoms with Crippen LogP contribution in [-0.2, 0) is 0 Å². The van der Waals surface area contributed by atoms with E-state index in [9.17, 15) is 0 Å². The van der Waals surface area contributed by atoms with Crippen LogP contribution in [0.15, 0.2) is 35.3 Å². The zero-order valence-electron chi connectivity index (χ0n) is 14.5. The van der Waals surface area contributed by atoms with Crippen molar-refractivity contribution >= 4 is 11.6 Å². The van der Waals surface area contributed by atoms with Gasteiger partial charge in [0.05, 0.1) is 0 Å². The number of rotatable bonds is 3. The van der Waals surface area contributed by atoms with Crippen molar-refractivity contribution in [2.24, 2.45) is 16.8 Å². The molecule has 2 saturated heterocycles. The van der Waals surface area contributed by atoms with E-state index < -0.39 is 0 Å². The lowest BCUT2D eigenvalue weighted by Crippen LogP contribution is -2.46. The van der Waals surface area contributed by atoms with Gasteiger partial charge in [0.25, 0.3) is 0 Å². The number of para-hydroxylation sites is 1. The molecule has 0 aromatic heterocycles. The fourth-order valence-corrected chi connectivity index (χ4v) is 3.66. The summed E-state index contributed by atoms with van der Waals surface area (Å²) >= 11 is 0. The standard InChI is InChI=1S/C19H30N4/c1-16-8-11-22(12-9-16)19(20-2)21-14-17-10-13-23(15-17)18-6-4-3-5-7-18/h3-7,16-17H,8-15H2,1-2H3,(H,20,21). The van der Waals surface area contributed by atoms with Crippen LogP contribution in [0.3, 0.4) is 0 Å². The first-order valence-corrected chi connectivity index (χ1v) is 9.02. The molecule has 1 aromatic rings. The SMILES string of the molecule is CN=C(NCC1CCN(c2ccccc2)C1)N1CCC(C)CC1. The van der Waals surface area contributed by atoms with Crippen LogP contribution in [0, 0.1) is 11.8 Å². The van der Waals surface area contributed by atoms with Crippen LogP contribution in [0.25, 0.3) is 0 Å². The second kappa shape index (κ2) is 7.71. The molecule has 4 heteroatoms. The van der Waals surface area contributed by atoms with E-state index in [1.165, 1.54) is 24.9 Å². The van der Waals surface area contributed by atoms with Gasteiger partial charge in [-0.2, -0.15) is 0 Å². The van der Waals surface area contributed by atoms with Gasteiger partial charge in [0.1, 0.15) is 0 Å². The Morgan fingerprint density at radius 3 is 2.57 bits per heavy atom. The van der Waals surface area contributed by atoms with Crippen LogP contribution in [0.4, 0.5) is 5.69 Å². The molecule has 1 aromatic carbocycles. The van der Waals surface area contributed by atoms with Crippen molar-refractivity contribution in [3.05, 3.63) is 30.3 Å². The van der Waals surface area contributed by atoms with Gasteiger partial charge in [-0.1, -0.05) is 25.1 Å². The van der Waals surface area contributed by atoms with Crippen LogP contribution in [0.1, 0.15) is 26.2 Å². The summed E-state index contributed by atoms with van der Waals surface area (Å²) in [6.07, 6.45) is 3.83. The Labute approximate surface area is 140 Å². The van der Waals surface area contributed by atoms with Crippen molar-refractivity contribution in [2.45, 2.75) is 26.2 Å². The molecule has 2 aliphatic rings. The smallest absolute Gasteiger partial charge is 0.193 e. The summed E-state index contributed by atoms with van der Waals surface area (Å²) in [7, 11) is 1.91. The van der Waals surface area contributed by atoms with Gasteiger partial charge in [0, 0.05) is 45.5 Å². The number of piperidine rings is 1. The normalized spacial score (nSPS) is 23.4. The third-order valence-electron chi connectivity index (χ3n) is 5.25. The highest BCUT2D eigenvalue weighted by Crippen LogP contribution is 2.23. The second-order valence-electron chi connectivity index (χ2n) is 7.03. The first kappa shape index (κ1) is 16.2. The summed E-state index contributed by atoms with van der Waals surface area (Å²) in [4.78, 5) is 9.41. The van der Waals surface area contributed by atoms with Crippen LogP contribution in [-0.4, -0.2) is 50.6 Å². The fraction of sp³-hybridized carbons (Fsp3) is 0.632. The van der Waals surface area contributed by atoms with Crippen molar-refractivity contribution in [1.82, 2.24) is 10.2 Å². The maximum Gasteiger partial charge on any atom is 0.193 e. The first-order valence-electron chi connectivity index (χ1n) is 9.02. The van der Waals surface area contributed by atoms with E-state index in [1.807, 2.05) is 7.05 Å². The van der Waals surface area contributed by atoms with Crippen molar-refractivity contribution in [2.75, 3.05) is 44.7 Å². The molecule has 4 nitrogen and oxygen atoms in total. The average molecular weight is 314 g/mol. The van der Waals surface area contributed by atoms with Crippen LogP contribution < -0.4 is 10.2 Å². The van der Waals surface area contributed by atoms with E-state index in [-0.39, 0.29) is 0 Å². The Morgan fingerprint density at radius 1 is 1.13 bits per heavy atom. The predicted octanol–water partition coefficient (Wildman–Crippen LogP) is 2.82. The molecule has 0 spiro atoms. The predicted molar refractivity (Wildman–Crippen MR) is 98.1 cm³/mol. The van der Waals surface area contributed by atoms with Gasteiger partial charge in [-0.25, -0.2) is 0 Å². The summed E-state index contributed by atoms with van der Waals surface area (Å²) in [6, 6.07) is 10.8. The molecule has 2 fully saturated rings. The highest BCUT2D eigenvalue weighted by atomic mass is 15.3. The van der Waals surface area contributed by atoms with Crippen molar-refractivity contribution in [3.63, 3.8) is 0 Å². The van der Waals surface area contributed by atoms with E-state index in [1.54, 1.807) is 0 Å². The van der Waals surface area contributed by atoms with Crippen molar-refractivity contribution in [1.29, 1.82) is 0 Å². The average Bonchev–Trinajstić information content (AvgIpc) is 3.07. The van der Waals surface area contributed by atoms with E-state index in [4.69, 9.17) is 0 Å². The van der Waals surface area contributed by atoms with Gasteiger partial charge in [-0.05, 0) is 43.2 Å². The molecule has 0 radical (unpaired) electrons. The number of guanidine groups is 1. The maximum atomic E-state index is 4.49. The quantitative estimate of drug-likeness (QED) is 0.687. The Bertz CT molecular complexity index is 505. The number of hydrogen-bond donors (Lipinski definition) is 1. The number of nitrogens with zero attached hydrogens (tertiary/aromatic N) is 3. The molecule has 23 heavy (non-hydrogen) atoms. The van der Waals surface area contributed by atoms with Crippen LogP contribution in [0.2, 0.25) is 0 Å². The zero-order chi connectivity index (χ0) is 16.1. The van der Waals surface area contributed by atoms with E-state index in [0.717, 1.165) is 44.6 Å². The lowest BCUT2D eigenvalue weighted by Gasteiger charge is -2.33. The van der Waals surface area contributed by atoms with Gasteiger partial charge in [-0.15, -0.1) is 0 Å². The topological polar surface area (TPSA) is 30.9 Å². The second-order valence-corrected chi connectivity index (χ2v) is 7.03. The number of likely N-dealkylation sites (tertiary alicyclic amines) is 1. The molecule has 0 amide bonds. The molecule has 0 bridgehead atoms. The van der Waals surface area contributed by atoms with Gasteiger partial charge in [0.15, 0.2) is 5.96 Å². The number of nitrogens with one attached hydrogen (secondary N) is 1. The highest BCUT2D eigenvalue weighted by molar-refractivity contribution is 5.80. The van der Waals surface area contributed by atoms with E-state index in [2.05, 4.69) is 57.4 Å². The molecule has 3 rings (SSSR count). The minimum Gasteiger partial charge on any atom is -0.371 e. The zero-order valence-corrected chi connectivity index (χ0v) is 14.5. The lowest BCUT2D eigenvalue weighted by atomic mass is 9.99. The minimum absolute atomic E-state index is 0.704. The number of hydrogen-bond acceptors (Lipinski definition) is 2. The lowest BCUT2D eigenvalue weighted by molar-refractivity contribution is 0.272. The Morgan fingerprint density at radius 2 is 1.87 bits per heavy atom. The van der Waals surface area contributed by atoms with Crippen molar-refractivity contribution in [3.8, 4) is 0 Å². The van der Waals surface area contributed by atoms with Crippen LogP contribution in [0.5, 0.6) is 0 Å². The maximum absolute atomic E-state index is 4.49. The third-order valence-corrected chi connectivity index (χ3v) is 5.25. The Hall–Kier alpha value is -1.71. The third kappa shape index (κ3) is 4.18. The fourth-order valence-electron chi connectivity index (χ4n) is 3.66. The van der Waals surface area contributed by atoms with Gasteiger partial charge in [0.2, 0.25) is 0 Å². The van der Waals surface area contributed by atoms with Gasteiger partial charge < -0.3 is 15.1 Å². The molecule has 1 unspecified atom stereocenters. The number of aliphatic imine (C=N–C) groups is 1. The number of benzene rings is 1. The molecule has 1 atom stereocenters. The monoisotopic (exact) mass is 314 g/mol. The molecule has 1 N–H and O–H groups in total. The summed E-state index contributed by atoms with van der Waals surface area (Å²) < 4.78 is 0. The highest BCUT2D eigenvalue weighted by Gasteiger charge is 2.24. The van der Waals surface area contributed by atoms with Crippen LogP contribution >= 0.6 is 0 Å². The summed E-state index contributed by atoms with van der Waals surface area (Å²) in [6.45, 7) is 7.97. The number of anilines is 1. The Kier molecular flexibility index (Phi) is 5.42. The molecule has 2 aliphatic heterocycles. The molecular weight excluding hydrogens is 284 g/mol. The van der Waals surface area contributed by atoms with E-state index in [0.29, 0.717) is 5.92 Å². The molecule has 0 saturated carbocycles.